The van der Waals surface area contributed by atoms with E-state index < -0.39 is 29.3 Å². The number of amides is 2. The number of urea groups is 1. The highest BCUT2D eigenvalue weighted by molar-refractivity contribution is 7.13. The average molecular weight is 574 g/mol. The summed E-state index contributed by atoms with van der Waals surface area (Å²) in [5, 5.41) is 6.19. The second-order valence-electron chi connectivity index (χ2n) is 8.64. The molecular weight excluding hydrogens is 551 g/mol. The molecule has 10 nitrogen and oxygen atoms in total. The molecule has 0 unspecified atom stereocenters. The van der Waals surface area contributed by atoms with Crippen molar-refractivity contribution in [1.29, 1.82) is 0 Å². The molecule has 4 aromatic rings. The number of anilines is 1. The van der Waals surface area contributed by atoms with Crippen molar-refractivity contribution in [2.75, 3.05) is 25.1 Å². The highest BCUT2D eigenvalue weighted by atomic mass is 32.1. The number of halogens is 3. The topological polar surface area (TPSA) is 124 Å². The standard InChI is InChI=1S/C26H22F3N5O5S/c1-3-30-25(37)33-20-9-14(23-32-19(12-40-23)26(27,28)29)16(10-31-20)13-7-15-21-18(8-13)39-6-5-34(21)11-17(22(15)35)24(36)38-4-2/h7-12H,3-6H2,1-2H3,(H2,30,31,33,37). The summed E-state index contributed by atoms with van der Waals surface area (Å²) in [4.78, 5) is 46.0. The van der Waals surface area contributed by atoms with Gasteiger partial charge < -0.3 is 19.4 Å². The van der Waals surface area contributed by atoms with Crippen molar-refractivity contribution in [1.82, 2.24) is 19.9 Å². The molecule has 3 aromatic heterocycles. The van der Waals surface area contributed by atoms with E-state index in [1.54, 1.807) is 24.5 Å². The average Bonchev–Trinajstić information content (AvgIpc) is 3.42. The predicted octanol–water partition coefficient (Wildman–Crippen LogP) is 4.92. The number of hydrogen-bond donors (Lipinski definition) is 2. The molecule has 0 saturated heterocycles. The number of ether oxygens (including phenoxy) is 2. The zero-order chi connectivity index (χ0) is 28.6. The Morgan fingerprint density at radius 2 is 2.00 bits per heavy atom. The molecule has 0 fully saturated rings. The van der Waals surface area contributed by atoms with Crippen LogP contribution < -0.4 is 20.8 Å². The van der Waals surface area contributed by atoms with Gasteiger partial charge in [0.2, 0.25) is 5.43 Å². The Hall–Kier alpha value is -4.46. The number of carbonyl (C=O) groups excluding carboxylic acids is 2. The van der Waals surface area contributed by atoms with E-state index in [2.05, 4.69) is 20.6 Å². The minimum atomic E-state index is -4.65. The van der Waals surface area contributed by atoms with Crippen molar-refractivity contribution in [3.8, 4) is 27.4 Å². The Balaban J connectivity index is 1.72. The molecule has 0 radical (unpaired) electrons. The predicted molar refractivity (Wildman–Crippen MR) is 142 cm³/mol. The number of hydrogen-bond acceptors (Lipinski definition) is 8. The van der Waals surface area contributed by atoms with Gasteiger partial charge in [-0.1, -0.05) is 0 Å². The zero-order valence-corrected chi connectivity index (χ0v) is 22.0. The third-order valence-corrected chi connectivity index (χ3v) is 6.92. The molecule has 40 heavy (non-hydrogen) atoms. The third kappa shape index (κ3) is 5.09. The molecule has 0 atom stereocenters. The molecule has 1 aromatic carbocycles. The lowest BCUT2D eigenvalue weighted by Gasteiger charge is -2.22. The van der Waals surface area contributed by atoms with E-state index in [1.807, 2.05) is 0 Å². The molecule has 0 aliphatic carbocycles. The summed E-state index contributed by atoms with van der Waals surface area (Å²) >= 11 is 0.773. The van der Waals surface area contributed by atoms with Crippen LogP contribution in [0.25, 0.3) is 32.6 Å². The van der Waals surface area contributed by atoms with Gasteiger partial charge in [-0.05, 0) is 37.6 Å². The van der Waals surface area contributed by atoms with Crippen LogP contribution in [-0.4, -0.2) is 46.3 Å². The summed E-state index contributed by atoms with van der Waals surface area (Å²) in [6.07, 6.45) is -1.84. The fourth-order valence-corrected chi connectivity index (χ4v) is 5.19. The quantitative estimate of drug-likeness (QED) is 0.314. The van der Waals surface area contributed by atoms with Crippen LogP contribution in [0.5, 0.6) is 5.75 Å². The first-order valence-corrected chi connectivity index (χ1v) is 13.1. The van der Waals surface area contributed by atoms with Crippen molar-refractivity contribution < 1.29 is 32.2 Å². The molecule has 2 amide bonds. The maximum absolute atomic E-state index is 13.4. The SMILES string of the molecule is CCNC(=O)Nc1cc(-c2nc(C(F)(F)F)cs2)c(-c2cc3c4c(c2)c(=O)c(C(=O)OCC)cn4CCO3)cn1. The monoisotopic (exact) mass is 573 g/mol. The molecule has 5 rings (SSSR count). The van der Waals surface area contributed by atoms with Gasteiger partial charge in [0.25, 0.3) is 0 Å². The lowest BCUT2D eigenvalue weighted by Crippen LogP contribution is -2.28. The van der Waals surface area contributed by atoms with E-state index >= 15 is 0 Å². The number of esters is 1. The Labute approximate surface area is 228 Å². The summed E-state index contributed by atoms with van der Waals surface area (Å²) in [6.45, 7) is 4.45. The van der Waals surface area contributed by atoms with Gasteiger partial charge in [-0.15, -0.1) is 11.3 Å². The number of pyridine rings is 2. The van der Waals surface area contributed by atoms with Gasteiger partial charge in [0.1, 0.15) is 28.7 Å². The lowest BCUT2D eigenvalue weighted by molar-refractivity contribution is -0.140. The van der Waals surface area contributed by atoms with Crippen LogP contribution in [0.1, 0.15) is 29.9 Å². The number of benzene rings is 1. The van der Waals surface area contributed by atoms with Gasteiger partial charge in [-0.3, -0.25) is 10.1 Å². The van der Waals surface area contributed by atoms with E-state index in [9.17, 15) is 27.6 Å². The number of alkyl halides is 3. The second-order valence-corrected chi connectivity index (χ2v) is 9.50. The minimum Gasteiger partial charge on any atom is -0.489 e. The molecule has 0 spiro atoms. The van der Waals surface area contributed by atoms with Gasteiger partial charge in [0.05, 0.1) is 24.1 Å². The Kier molecular flexibility index (Phi) is 7.19. The Bertz CT molecular complexity index is 1700. The Morgan fingerprint density at radius 1 is 1.20 bits per heavy atom. The number of nitrogens with zero attached hydrogens (tertiary/aromatic N) is 3. The molecule has 14 heteroatoms. The van der Waals surface area contributed by atoms with Crippen molar-refractivity contribution in [2.24, 2.45) is 0 Å². The molecule has 4 heterocycles. The van der Waals surface area contributed by atoms with Crippen molar-refractivity contribution in [3.63, 3.8) is 0 Å². The first-order valence-electron chi connectivity index (χ1n) is 12.2. The highest BCUT2D eigenvalue weighted by Crippen LogP contribution is 2.41. The highest BCUT2D eigenvalue weighted by Gasteiger charge is 2.34. The number of aromatic nitrogens is 3. The van der Waals surface area contributed by atoms with Crippen molar-refractivity contribution >= 4 is 40.1 Å². The summed E-state index contributed by atoms with van der Waals surface area (Å²) in [5.74, 6) is -0.321. The molecule has 0 saturated carbocycles. The maximum Gasteiger partial charge on any atom is 0.434 e. The van der Waals surface area contributed by atoms with Crippen LogP contribution in [-0.2, 0) is 17.5 Å². The van der Waals surface area contributed by atoms with Gasteiger partial charge in [-0.2, -0.15) is 13.2 Å². The fraction of sp³-hybridized carbons (Fsp3) is 0.269. The van der Waals surface area contributed by atoms with Crippen molar-refractivity contribution in [2.45, 2.75) is 26.6 Å². The van der Waals surface area contributed by atoms with Crippen LogP contribution in [0.4, 0.5) is 23.8 Å². The summed E-state index contributed by atoms with van der Waals surface area (Å²) in [5.41, 5.74) is -0.330. The van der Waals surface area contributed by atoms with Crippen molar-refractivity contribution in [3.05, 3.63) is 57.5 Å². The molecule has 0 bridgehead atoms. The molecule has 1 aliphatic heterocycles. The van der Waals surface area contributed by atoms with E-state index in [-0.39, 0.29) is 40.6 Å². The summed E-state index contributed by atoms with van der Waals surface area (Å²) in [7, 11) is 0. The second kappa shape index (κ2) is 10.6. The number of thiazole rings is 1. The molecule has 1 aliphatic rings. The van der Waals surface area contributed by atoms with Gasteiger partial charge in [-0.25, -0.2) is 19.6 Å². The van der Waals surface area contributed by atoms with Crippen LogP contribution >= 0.6 is 11.3 Å². The zero-order valence-electron chi connectivity index (χ0n) is 21.2. The van der Waals surface area contributed by atoms with Crippen LogP contribution in [0.2, 0.25) is 0 Å². The number of carbonyl (C=O) groups is 2. The van der Waals surface area contributed by atoms with Crippen LogP contribution in [0.15, 0.2) is 40.8 Å². The fourth-order valence-electron chi connectivity index (χ4n) is 4.33. The first-order chi connectivity index (χ1) is 19.1. The minimum absolute atomic E-state index is 0.0241. The third-order valence-electron chi connectivity index (χ3n) is 6.04. The maximum atomic E-state index is 13.4. The van der Waals surface area contributed by atoms with E-state index in [0.717, 1.165) is 16.7 Å². The van der Waals surface area contributed by atoms with Crippen LogP contribution in [0.3, 0.4) is 0 Å². The van der Waals surface area contributed by atoms with Gasteiger partial charge >= 0.3 is 18.2 Å². The molecule has 208 valence electrons. The summed E-state index contributed by atoms with van der Waals surface area (Å²) in [6, 6.07) is 4.05. The molecular formula is C26H22F3N5O5S. The normalized spacial score (nSPS) is 12.6. The van der Waals surface area contributed by atoms with Gasteiger partial charge in [0, 0.05) is 35.4 Å². The number of nitrogens with one attached hydrogen (secondary N) is 2. The van der Waals surface area contributed by atoms with Crippen LogP contribution in [0, 0.1) is 0 Å². The largest absolute Gasteiger partial charge is 0.489 e. The van der Waals surface area contributed by atoms with E-state index in [4.69, 9.17) is 9.47 Å². The Morgan fingerprint density at radius 3 is 2.70 bits per heavy atom. The molecule has 2 N–H and O–H groups in total. The first kappa shape index (κ1) is 27.1. The van der Waals surface area contributed by atoms with E-state index in [1.165, 1.54) is 24.5 Å². The lowest BCUT2D eigenvalue weighted by atomic mass is 9.98. The number of rotatable bonds is 6. The summed E-state index contributed by atoms with van der Waals surface area (Å²) < 4.78 is 52.7. The van der Waals surface area contributed by atoms with Gasteiger partial charge in [0.15, 0.2) is 5.69 Å². The van der Waals surface area contributed by atoms with E-state index in [0.29, 0.717) is 35.5 Å². The smallest absolute Gasteiger partial charge is 0.434 e.